The number of hydrazine groups is 1. The van der Waals surface area contributed by atoms with Gasteiger partial charge in [0.15, 0.2) is 0 Å². The molecule has 0 radical (unpaired) electrons. The van der Waals surface area contributed by atoms with Gasteiger partial charge >= 0.3 is 10.1 Å². The highest BCUT2D eigenvalue weighted by molar-refractivity contribution is 9.11. The summed E-state index contributed by atoms with van der Waals surface area (Å²) in [5.74, 6) is 4.79. The fourth-order valence-corrected chi connectivity index (χ4v) is 3.60. The Morgan fingerprint density at radius 3 is 2.29 bits per heavy atom. The highest BCUT2D eigenvalue weighted by Crippen LogP contribution is 2.25. The summed E-state index contributed by atoms with van der Waals surface area (Å²) in [6, 6.07) is 3.55. The van der Waals surface area contributed by atoms with E-state index in [0.717, 1.165) is 5.56 Å². The lowest BCUT2D eigenvalue weighted by molar-refractivity contribution is 0.401. The number of rotatable bonds is 5. The highest BCUT2D eigenvalue weighted by atomic mass is 79.9. The van der Waals surface area contributed by atoms with Gasteiger partial charge in [-0.05, 0) is 53.9 Å². The zero-order valence-electron chi connectivity index (χ0n) is 12.0. The third kappa shape index (κ3) is 4.48. The van der Waals surface area contributed by atoms with Crippen molar-refractivity contribution < 1.29 is 12.6 Å². The van der Waals surface area contributed by atoms with Crippen LogP contribution in [-0.4, -0.2) is 8.42 Å². The summed E-state index contributed by atoms with van der Waals surface area (Å²) in [6.45, 7) is 5.32. The molecule has 0 unspecified atom stereocenters. The Balaban J connectivity index is 3.23. The SMILES string of the molecule is Cc1cc(C)c(S(=O)(=O)O/C(N)=C(Br)/C=C\NN)c(C)c1. The van der Waals surface area contributed by atoms with Crippen molar-refractivity contribution in [2.75, 3.05) is 0 Å². The first kappa shape index (κ1) is 17.5. The van der Waals surface area contributed by atoms with Crippen molar-refractivity contribution in [3.05, 3.63) is 51.5 Å². The van der Waals surface area contributed by atoms with E-state index >= 15 is 0 Å². The quantitative estimate of drug-likeness (QED) is 0.238. The maximum Gasteiger partial charge on any atom is 0.341 e. The number of benzene rings is 1. The van der Waals surface area contributed by atoms with Crippen LogP contribution in [0.2, 0.25) is 0 Å². The van der Waals surface area contributed by atoms with Crippen LogP contribution in [0.3, 0.4) is 0 Å². The molecule has 21 heavy (non-hydrogen) atoms. The lowest BCUT2D eigenvalue weighted by atomic mass is 10.1. The Kier molecular flexibility index (Phi) is 5.82. The number of halogens is 1. The molecule has 0 atom stereocenters. The molecule has 0 aliphatic heterocycles. The minimum absolute atomic E-state index is 0.122. The Morgan fingerprint density at radius 1 is 1.29 bits per heavy atom. The van der Waals surface area contributed by atoms with Gasteiger partial charge in [-0.15, -0.1) is 0 Å². The maximum atomic E-state index is 12.4. The summed E-state index contributed by atoms with van der Waals surface area (Å²) >= 11 is 3.10. The monoisotopic (exact) mass is 375 g/mol. The van der Waals surface area contributed by atoms with E-state index in [1.165, 1.54) is 12.3 Å². The van der Waals surface area contributed by atoms with E-state index in [1.54, 1.807) is 26.0 Å². The van der Waals surface area contributed by atoms with Crippen LogP contribution in [0.5, 0.6) is 0 Å². The molecule has 1 rings (SSSR count). The van der Waals surface area contributed by atoms with Gasteiger partial charge in [0.1, 0.15) is 4.90 Å². The highest BCUT2D eigenvalue weighted by Gasteiger charge is 2.23. The first-order valence-corrected chi connectivity index (χ1v) is 8.19. The molecule has 1 aromatic carbocycles. The van der Waals surface area contributed by atoms with Gasteiger partial charge in [-0.2, -0.15) is 8.42 Å². The predicted molar refractivity (Wildman–Crippen MR) is 85.5 cm³/mol. The van der Waals surface area contributed by atoms with E-state index in [1.807, 2.05) is 6.92 Å². The largest absolute Gasteiger partial charge is 0.368 e. The second kappa shape index (κ2) is 6.97. The van der Waals surface area contributed by atoms with E-state index in [2.05, 4.69) is 21.4 Å². The molecule has 0 heterocycles. The van der Waals surface area contributed by atoms with Gasteiger partial charge in [0, 0.05) is 6.20 Å². The van der Waals surface area contributed by atoms with Gasteiger partial charge < -0.3 is 15.3 Å². The molecule has 6 nitrogen and oxygen atoms in total. The fraction of sp³-hybridized carbons (Fsp3) is 0.231. The van der Waals surface area contributed by atoms with Crippen LogP contribution in [0.15, 0.2) is 39.7 Å². The van der Waals surface area contributed by atoms with Crippen LogP contribution in [0.1, 0.15) is 16.7 Å². The van der Waals surface area contributed by atoms with Gasteiger partial charge in [0.2, 0.25) is 5.88 Å². The van der Waals surface area contributed by atoms with Crippen LogP contribution < -0.4 is 17.0 Å². The Labute approximate surface area is 133 Å². The average molecular weight is 376 g/mol. The molecular formula is C13H18BrN3O3S. The molecular weight excluding hydrogens is 358 g/mol. The van der Waals surface area contributed by atoms with Crippen LogP contribution in [0.4, 0.5) is 0 Å². The summed E-state index contributed by atoms with van der Waals surface area (Å²) in [4.78, 5) is 0.122. The van der Waals surface area contributed by atoms with E-state index in [-0.39, 0.29) is 15.3 Å². The minimum Gasteiger partial charge on any atom is -0.368 e. The van der Waals surface area contributed by atoms with Crippen LogP contribution in [0, 0.1) is 20.8 Å². The molecule has 0 aliphatic rings. The topological polar surface area (TPSA) is 107 Å². The van der Waals surface area contributed by atoms with E-state index in [4.69, 9.17) is 15.8 Å². The summed E-state index contributed by atoms with van der Waals surface area (Å²) in [7, 11) is -4.01. The van der Waals surface area contributed by atoms with E-state index in [9.17, 15) is 8.42 Å². The molecule has 0 saturated heterocycles. The molecule has 5 N–H and O–H groups in total. The zero-order chi connectivity index (χ0) is 16.2. The van der Waals surface area contributed by atoms with Crippen molar-refractivity contribution in [3.8, 4) is 0 Å². The average Bonchev–Trinajstić information content (AvgIpc) is 2.33. The summed E-state index contributed by atoms with van der Waals surface area (Å²) < 4.78 is 29.9. The van der Waals surface area contributed by atoms with Crippen molar-refractivity contribution in [1.82, 2.24) is 5.43 Å². The van der Waals surface area contributed by atoms with Crippen LogP contribution >= 0.6 is 15.9 Å². The number of allylic oxidation sites excluding steroid dienone is 2. The number of hydrogen-bond acceptors (Lipinski definition) is 6. The first-order chi connectivity index (χ1) is 9.69. The molecule has 0 bridgehead atoms. The molecule has 0 saturated carbocycles. The van der Waals surface area contributed by atoms with Crippen molar-refractivity contribution in [3.63, 3.8) is 0 Å². The zero-order valence-corrected chi connectivity index (χ0v) is 14.4. The molecule has 116 valence electrons. The van der Waals surface area contributed by atoms with Crippen molar-refractivity contribution in [1.29, 1.82) is 0 Å². The lowest BCUT2D eigenvalue weighted by Gasteiger charge is -2.13. The number of nitrogens with two attached hydrogens (primary N) is 2. The van der Waals surface area contributed by atoms with Crippen molar-refractivity contribution in [2.45, 2.75) is 25.7 Å². The standard InChI is InChI=1S/C13H18BrN3O3S/c1-8-6-9(2)12(10(3)7-8)21(18,19)20-13(15)11(14)4-5-17-16/h4-7,17H,15-16H2,1-3H3/b5-4-,13-11-. The Hall–Kier alpha value is -1.51. The fourth-order valence-electron chi connectivity index (χ4n) is 1.96. The number of nitrogens with one attached hydrogen (secondary N) is 1. The molecule has 0 amide bonds. The second-order valence-corrected chi connectivity index (χ2v) is 6.81. The third-order valence-electron chi connectivity index (χ3n) is 2.62. The third-order valence-corrected chi connectivity index (χ3v) is 4.81. The summed E-state index contributed by atoms with van der Waals surface area (Å²) in [6.07, 6.45) is 2.80. The Morgan fingerprint density at radius 2 is 1.81 bits per heavy atom. The predicted octanol–water partition coefficient (Wildman–Crippen LogP) is 1.82. The lowest BCUT2D eigenvalue weighted by Crippen LogP contribution is -2.15. The van der Waals surface area contributed by atoms with Gasteiger partial charge in [-0.25, -0.2) is 0 Å². The van der Waals surface area contributed by atoms with Gasteiger partial charge in [0.05, 0.1) is 4.48 Å². The summed E-state index contributed by atoms with van der Waals surface area (Å²) in [5.41, 5.74) is 10.1. The van der Waals surface area contributed by atoms with Gasteiger partial charge in [-0.1, -0.05) is 17.7 Å². The van der Waals surface area contributed by atoms with Crippen molar-refractivity contribution in [2.24, 2.45) is 11.6 Å². The van der Waals surface area contributed by atoms with E-state index < -0.39 is 10.1 Å². The molecule has 0 aromatic heterocycles. The van der Waals surface area contributed by atoms with Gasteiger partial charge in [-0.3, -0.25) is 5.84 Å². The molecule has 1 aromatic rings. The number of hydrogen-bond donors (Lipinski definition) is 3. The van der Waals surface area contributed by atoms with E-state index in [0.29, 0.717) is 11.1 Å². The number of aryl methyl sites for hydroxylation is 3. The Bertz CT molecular complexity index is 674. The molecule has 0 spiro atoms. The van der Waals surface area contributed by atoms with Gasteiger partial charge in [0.25, 0.3) is 0 Å². The first-order valence-electron chi connectivity index (χ1n) is 5.99. The molecule has 0 aliphatic carbocycles. The second-order valence-electron chi connectivity index (χ2n) is 4.48. The molecule has 8 heteroatoms. The summed E-state index contributed by atoms with van der Waals surface area (Å²) in [5, 5.41) is 0. The minimum atomic E-state index is -4.01. The van der Waals surface area contributed by atoms with Crippen LogP contribution in [0.25, 0.3) is 0 Å². The smallest absolute Gasteiger partial charge is 0.341 e. The normalized spacial score (nSPS) is 13.2. The van der Waals surface area contributed by atoms with Crippen molar-refractivity contribution >= 4 is 26.0 Å². The maximum absolute atomic E-state index is 12.4. The van der Waals surface area contributed by atoms with Crippen LogP contribution in [-0.2, 0) is 14.3 Å². The molecule has 0 fully saturated rings.